The molecular formula is C20H21BrN4O2S. The number of benzene rings is 2. The van der Waals surface area contributed by atoms with Crippen molar-refractivity contribution in [1.29, 1.82) is 0 Å². The molecule has 0 radical (unpaired) electrons. The van der Waals surface area contributed by atoms with Crippen LogP contribution in [0.25, 0.3) is 11.4 Å². The van der Waals surface area contributed by atoms with Crippen LogP contribution in [-0.2, 0) is 0 Å². The molecule has 0 aliphatic rings. The predicted octanol–water partition coefficient (Wildman–Crippen LogP) is 5.36. The second-order valence-corrected chi connectivity index (χ2v) is 7.35. The third-order valence-electron chi connectivity index (χ3n) is 4.06. The first-order valence-electron chi connectivity index (χ1n) is 8.83. The summed E-state index contributed by atoms with van der Waals surface area (Å²) in [5.41, 5.74) is 2.90. The van der Waals surface area contributed by atoms with Gasteiger partial charge in [0.1, 0.15) is 0 Å². The molecule has 3 aromatic rings. The Balaban J connectivity index is 1.97. The van der Waals surface area contributed by atoms with Gasteiger partial charge < -0.3 is 9.47 Å². The highest BCUT2D eigenvalue weighted by atomic mass is 79.9. The zero-order valence-electron chi connectivity index (χ0n) is 15.9. The van der Waals surface area contributed by atoms with Gasteiger partial charge in [0.05, 0.1) is 24.4 Å². The van der Waals surface area contributed by atoms with Gasteiger partial charge in [0.2, 0.25) is 4.77 Å². The van der Waals surface area contributed by atoms with Crippen molar-refractivity contribution in [3.63, 3.8) is 0 Å². The van der Waals surface area contributed by atoms with Gasteiger partial charge in [-0.15, -0.1) is 0 Å². The first kappa shape index (κ1) is 20.3. The number of ether oxygens (including phenoxy) is 2. The van der Waals surface area contributed by atoms with Crippen LogP contribution in [0.15, 0.2) is 46.0 Å². The summed E-state index contributed by atoms with van der Waals surface area (Å²) in [6, 6.07) is 11.8. The summed E-state index contributed by atoms with van der Waals surface area (Å²) in [6.45, 7) is 4.70. The Bertz CT molecular complexity index is 1060. The minimum absolute atomic E-state index is 0.420. The lowest BCUT2D eigenvalue weighted by molar-refractivity contribution is 0.292. The highest BCUT2D eigenvalue weighted by Crippen LogP contribution is 2.36. The van der Waals surface area contributed by atoms with E-state index in [0.29, 0.717) is 28.7 Å². The molecule has 0 aliphatic heterocycles. The lowest BCUT2D eigenvalue weighted by Crippen LogP contribution is -2.00. The molecule has 1 N–H and O–H groups in total. The molecule has 146 valence electrons. The van der Waals surface area contributed by atoms with E-state index in [1.165, 1.54) is 0 Å². The van der Waals surface area contributed by atoms with E-state index in [1.54, 1.807) is 18.0 Å². The Morgan fingerprint density at radius 3 is 2.82 bits per heavy atom. The molecule has 3 rings (SSSR count). The Hall–Kier alpha value is -2.45. The zero-order chi connectivity index (χ0) is 20.1. The van der Waals surface area contributed by atoms with Crippen molar-refractivity contribution in [2.24, 2.45) is 5.10 Å². The third kappa shape index (κ3) is 4.34. The minimum atomic E-state index is 0.420. The number of aromatic nitrogens is 3. The number of nitrogens with zero attached hydrogens (tertiary/aromatic N) is 3. The standard InChI is InChI=1S/C20H21BrN4O2S/c1-4-9-27-18-16(21)10-14(11-17(18)26-3)12-22-25-19(23-24-20(25)28)15-8-6-5-7-13(15)2/h5-8,10-12H,4,9H2,1-3H3,(H,24,28)/b22-12+. The van der Waals surface area contributed by atoms with Crippen LogP contribution in [0.4, 0.5) is 0 Å². The number of hydrogen-bond donors (Lipinski definition) is 1. The minimum Gasteiger partial charge on any atom is -0.493 e. The van der Waals surface area contributed by atoms with Crippen molar-refractivity contribution < 1.29 is 9.47 Å². The number of nitrogens with one attached hydrogen (secondary N) is 1. The molecule has 2 aromatic carbocycles. The van der Waals surface area contributed by atoms with Crippen LogP contribution in [-0.4, -0.2) is 34.8 Å². The van der Waals surface area contributed by atoms with Crippen molar-refractivity contribution in [1.82, 2.24) is 14.9 Å². The molecule has 0 unspecified atom stereocenters. The van der Waals surface area contributed by atoms with Crippen LogP contribution in [0, 0.1) is 11.7 Å². The summed E-state index contributed by atoms with van der Waals surface area (Å²) in [4.78, 5) is 0. The van der Waals surface area contributed by atoms with E-state index < -0.39 is 0 Å². The van der Waals surface area contributed by atoms with Gasteiger partial charge in [-0.25, -0.2) is 5.10 Å². The van der Waals surface area contributed by atoms with Gasteiger partial charge in [-0.1, -0.05) is 31.2 Å². The predicted molar refractivity (Wildman–Crippen MR) is 117 cm³/mol. The van der Waals surface area contributed by atoms with Crippen LogP contribution >= 0.6 is 28.1 Å². The van der Waals surface area contributed by atoms with Gasteiger partial charge >= 0.3 is 0 Å². The van der Waals surface area contributed by atoms with Crippen molar-refractivity contribution >= 4 is 34.4 Å². The van der Waals surface area contributed by atoms with E-state index in [2.05, 4.69) is 38.2 Å². The topological polar surface area (TPSA) is 64.4 Å². The highest BCUT2D eigenvalue weighted by Gasteiger charge is 2.12. The quantitative estimate of drug-likeness (QED) is 0.380. The average Bonchev–Trinajstić information content (AvgIpc) is 3.05. The Labute approximate surface area is 177 Å². The van der Waals surface area contributed by atoms with Crippen molar-refractivity contribution in [3.05, 3.63) is 56.8 Å². The summed E-state index contributed by atoms with van der Waals surface area (Å²) in [5.74, 6) is 1.98. The summed E-state index contributed by atoms with van der Waals surface area (Å²) in [5, 5.41) is 11.7. The largest absolute Gasteiger partial charge is 0.493 e. The average molecular weight is 461 g/mol. The van der Waals surface area contributed by atoms with Crippen LogP contribution in [0.1, 0.15) is 24.5 Å². The van der Waals surface area contributed by atoms with Crippen LogP contribution in [0.3, 0.4) is 0 Å². The zero-order valence-corrected chi connectivity index (χ0v) is 18.3. The summed E-state index contributed by atoms with van der Waals surface area (Å²) >= 11 is 8.90. The van der Waals surface area contributed by atoms with E-state index in [0.717, 1.165) is 27.6 Å². The first-order valence-corrected chi connectivity index (χ1v) is 10.0. The molecule has 0 spiro atoms. The van der Waals surface area contributed by atoms with Crippen LogP contribution in [0.2, 0.25) is 0 Å². The van der Waals surface area contributed by atoms with Crippen molar-refractivity contribution in [2.45, 2.75) is 20.3 Å². The number of H-pyrrole nitrogens is 1. The van der Waals surface area contributed by atoms with Gasteiger partial charge in [0, 0.05) is 5.56 Å². The first-order chi connectivity index (χ1) is 13.5. The molecule has 0 saturated carbocycles. The Kier molecular flexibility index (Phi) is 6.64. The summed E-state index contributed by atoms with van der Waals surface area (Å²) in [6.07, 6.45) is 2.63. The molecule has 1 aromatic heterocycles. The lowest BCUT2D eigenvalue weighted by atomic mass is 10.1. The maximum atomic E-state index is 5.77. The molecule has 0 atom stereocenters. The Morgan fingerprint density at radius 2 is 2.11 bits per heavy atom. The van der Waals surface area contributed by atoms with E-state index in [4.69, 9.17) is 21.7 Å². The van der Waals surface area contributed by atoms with Crippen LogP contribution in [0.5, 0.6) is 11.5 Å². The van der Waals surface area contributed by atoms with Crippen molar-refractivity contribution in [3.8, 4) is 22.9 Å². The second-order valence-electron chi connectivity index (χ2n) is 6.11. The number of rotatable bonds is 7. The molecule has 6 nitrogen and oxygen atoms in total. The van der Waals surface area contributed by atoms with E-state index in [1.807, 2.05) is 43.3 Å². The molecule has 0 fully saturated rings. The molecule has 1 heterocycles. The van der Waals surface area contributed by atoms with Gasteiger partial charge in [-0.2, -0.15) is 14.9 Å². The van der Waals surface area contributed by atoms with E-state index in [-0.39, 0.29) is 0 Å². The monoisotopic (exact) mass is 460 g/mol. The highest BCUT2D eigenvalue weighted by molar-refractivity contribution is 9.10. The summed E-state index contributed by atoms with van der Waals surface area (Å²) < 4.78 is 14.1. The third-order valence-corrected chi connectivity index (χ3v) is 4.91. The maximum Gasteiger partial charge on any atom is 0.216 e. The van der Waals surface area contributed by atoms with Gasteiger partial charge in [0.25, 0.3) is 0 Å². The molecule has 28 heavy (non-hydrogen) atoms. The fourth-order valence-corrected chi connectivity index (χ4v) is 3.43. The molecule has 0 amide bonds. The molecule has 0 aliphatic carbocycles. The number of hydrogen-bond acceptors (Lipinski definition) is 5. The molecule has 0 saturated heterocycles. The molecule has 8 heteroatoms. The fraction of sp³-hybridized carbons (Fsp3) is 0.250. The number of aromatic amines is 1. The normalized spacial score (nSPS) is 11.1. The smallest absolute Gasteiger partial charge is 0.216 e. The van der Waals surface area contributed by atoms with Crippen molar-refractivity contribution in [2.75, 3.05) is 13.7 Å². The molecular weight excluding hydrogens is 440 g/mol. The number of aryl methyl sites for hydroxylation is 1. The number of halogens is 1. The van der Waals surface area contributed by atoms with Gasteiger partial charge in [-0.3, -0.25) is 0 Å². The SMILES string of the molecule is CCCOc1c(Br)cc(/C=N/n2c(-c3ccccc3C)n[nH]c2=S)cc1OC. The maximum absolute atomic E-state index is 5.77. The van der Waals surface area contributed by atoms with E-state index >= 15 is 0 Å². The second kappa shape index (κ2) is 9.16. The summed E-state index contributed by atoms with van der Waals surface area (Å²) in [7, 11) is 1.62. The van der Waals surface area contributed by atoms with E-state index in [9.17, 15) is 0 Å². The number of methoxy groups -OCH3 is 1. The van der Waals surface area contributed by atoms with Crippen LogP contribution < -0.4 is 9.47 Å². The Morgan fingerprint density at radius 1 is 1.32 bits per heavy atom. The lowest BCUT2D eigenvalue weighted by Gasteiger charge is -2.12. The fourth-order valence-electron chi connectivity index (χ4n) is 2.68. The molecule has 0 bridgehead atoms. The van der Waals surface area contributed by atoms with Gasteiger partial charge in [0.15, 0.2) is 17.3 Å². The van der Waals surface area contributed by atoms with Gasteiger partial charge in [-0.05, 0) is 64.8 Å².